The molecule has 0 saturated carbocycles. The maximum Gasteiger partial charge on any atom is 0.271 e. The van der Waals surface area contributed by atoms with Gasteiger partial charge in [0.1, 0.15) is 56.5 Å². The van der Waals surface area contributed by atoms with Gasteiger partial charge < -0.3 is 76.3 Å². The number of aliphatic hydroxyl groups is 1. The molecule has 4 aromatic heterocycles. The van der Waals surface area contributed by atoms with E-state index in [1.54, 1.807) is 19.2 Å². The Hall–Kier alpha value is -5.88. The summed E-state index contributed by atoms with van der Waals surface area (Å²) in [6.07, 6.45) is 5.07. The van der Waals surface area contributed by atoms with E-state index >= 15 is 0 Å². The van der Waals surface area contributed by atoms with Crippen LogP contribution in [0.2, 0.25) is 0 Å². The van der Waals surface area contributed by atoms with Gasteiger partial charge in [-0.1, -0.05) is 20.8 Å². The first-order chi connectivity index (χ1) is 40.4. The molecule has 85 heavy (non-hydrogen) atoms. The van der Waals surface area contributed by atoms with Crippen LogP contribution in [0.1, 0.15) is 109 Å². The summed E-state index contributed by atoms with van der Waals surface area (Å²) in [7, 11) is -2.76. The fraction of sp³-hybridized carbons (Fsp3) is 0.615. The van der Waals surface area contributed by atoms with Crippen LogP contribution in [-0.4, -0.2) is 186 Å². The number of unbranched alkanes of at least 4 members (excludes halogenated alkanes) is 1. The number of aliphatic hydroxyl groups excluding tert-OH is 1. The summed E-state index contributed by atoms with van der Waals surface area (Å²) in [5, 5.41) is 42.5. The lowest BCUT2D eigenvalue weighted by Gasteiger charge is -2.33. The van der Waals surface area contributed by atoms with Crippen molar-refractivity contribution in [3.05, 3.63) is 43.9 Å². The number of anilines is 1. The van der Waals surface area contributed by atoms with Gasteiger partial charge in [-0.3, -0.25) is 42.0 Å². The van der Waals surface area contributed by atoms with Crippen molar-refractivity contribution in [2.45, 2.75) is 115 Å². The number of rotatable bonds is 41. The van der Waals surface area contributed by atoms with Crippen molar-refractivity contribution >= 4 is 103 Å². The number of hydrogen-bond acceptors (Lipinski definition) is 24. The minimum absolute atomic E-state index is 0.00517. The molecule has 0 aliphatic carbocycles. The number of nitrogens with two attached hydrogens (primary N) is 5. The highest BCUT2D eigenvalue weighted by atomic mass is 32.2. The van der Waals surface area contributed by atoms with Gasteiger partial charge in [-0.2, -0.15) is 0 Å². The van der Waals surface area contributed by atoms with Crippen LogP contribution in [-0.2, 0) is 52.0 Å². The summed E-state index contributed by atoms with van der Waals surface area (Å²) in [6.45, 7) is 11.0. The van der Waals surface area contributed by atoms with Crippen LogP contribution in [0.5, 0.6) is 0 Å². The van der Waals surface area contributed by atoms with Gasteiger partial charge in [-0.05, 0) is 84.1 Å². The molecule has 9 atom stereocenters. The number of nitrogens with zero attached hydrogens (tertiary/aromatic N) is 5. The van der Waals surface area contributed by atoms with Crippen molar-refractivity contribution in [1.29, 1.82) is 0 Å². The van der Waals surface area contributed by atoms with Crippen LogP contribution >= 0.6 is 34.0 Å². The van der Waals surface area contributed by atoms with Crippen molar-refractivity contribution in [2.24, 2.45) is 34.8 Å². The molecule has 19 N–H and O–H groups in total. The van der Waals surface area contributed by atoms with E-state index < -0.39 is 112 Å². The topological polar surface area (TPSA) is 465 Å². The third-order valence-corrected chi connectivity index (χ3v) is 17.5. The average molecular weight is 1280 g/mol. The van der Waals surface area contributed by atoms with Crippen LogP contribution in [0.4, 0.5) is 5.82 Å². The van der Waals surface area contributed by atoms with Gasteiger partial charge >= 0.3 is 0 Å². The first-order valence-electron chi connectivity index (χ1n) is 27.8. The largest absolute Gasteiger partial charge is 0.390 e. The number of carbonyl (C=O) groups excluding carboxylic acids is 7. The molecule has 2 unspecified atom stereocenters. The zero-order valence-corrected chi connectivity index (χ0v) is 52.9. The highest BCUT2D eigenvalue weighted by Crippen LogP contribution is 2.31. The Morgan fingerprint density at radius 3 is 1.91 bits per heavy atom. The SMILES string of the molecule is Cc1c(N)nc([C@H](CC(N)=O)NC[C@H](N)C(N)=O)nc1C(=O)N[C@@H](CCS(C)=O)C(=O)N[C@H](C(C)C)[C@@H](O)[C@H](C)C(=O)N[C@@H](CCS(C)=O)C(=O)NCCc1nc(-c2nc(-c3nc(C(=O)NCCCNCCCCNCCCN)cs3)cs2)cs1. The van der Waals surface area contributed by atoms with Crippen LogP contribution in [0, 0.1) is 18.8 Å². The van der Waals surface area contributed by atoms with E-state index in [0.29, 0.717) is 51.6 Å². The molecule has 7 amide bonds. The lowest BCUT2D eigenvalue weighted by Crippen LogP contribution is -2.58. The van der Waals surface area contributed by atoms with Crippen LogP contribution < -0.4 is 71.2 Å². The summed E-state index contributed by atoms with van der Waals surface area (Å²) < 4.78 is 24.5. The quantitative estimate of drug-likeness (QED) is 0.0223. The van der Waals surface area contributed by atoms with Crippen LogP contribution in [0.25, 0.3) is 21.4 Å². The molecule has 472 valence electrons. The number of amides is 7. The minimum Gasteiger partial charge on any atom is -0.390 e. The number of hydrogen-bond donors (Lipinski definition) is 14. The molecule has 28 nitrogen and oxygen atoms in total. The summed E-state index contributed by atoms with van der Waals surface area (Å²) in [5.41, 5.74) is 29.6. The third-order valence-electron chi connectivity index (χ3n) is 13.2. The zero-order valence-electron chi connectivity index (χ0n) is 48.9. The molecule has 0 aromatic carbocycles. The Kier molecular flexibility index (Phi) is 31.1. The summed E-state index contributed by atoms with van der Waals surface area (Å²) in [6, 6.07) is -5.85. The van der Waals surface area contributed by atoms with Crippen LogP contribution in [0.3, 0.4) is 0 Å². The van der Waals surface area contributed by atoms with Crippen molar-refractivity contribution in [3.63, 3.8) is 0 Å². The minimum atomic E-state index is -1.55. The summed E-state index contributed by atoms with van der Waals surface area (Å²) >= 11 is 4.08. The van der Waals surface area contributed by atoms with Crippen molar-refractivity contribution in [2.75, 3.05) is 82.1 Å². The molecule has 4 aromatic rings. The first-order valence-corrected chi connectivity index (χ1v) is 33.9. The molecule has 0 fully saturated rings. The fourth-order valence-corrected chi connectivity index (χ4v) is 11.8. The molecular weight excluding hydrogens is 1200 g/mol. The second-order valence-electron chi connectivity index (χ2n) is 20.6. The highest BCUT2D eigenvalue weighted by Gasteiger charge is 2.36. The molecule has 0 bridgehead atoms. The van der Waals surface area contributed by atoms with Gasteiger partial charge in [0.2, 0.25) is 29.5 Å². The lowest BCUT2D eigenvalue weighted by atomic mass is 9.89. The summed E-state index contributed by atoms with van der Waals surface area (Å²) in [5.74, 6) is -6.86. The second-order valence-corrected chi connectivity index (χ2v) is 26.3. The van der Waals surface area contributed by atoms with E-state index in [4.69, 9.17) is 38.6 Å². The van der Waals surface area contributed by atoms with Crippen molar-refractivity contribution in [1.82, 2.24) is 67.5 Å². The Labute approximate surface area is 512 Å². The highest BCUT2D eigenvalue weighted by molar-refractivity contribution is 7.84. The van der Waals surface area contributed by atoms with E-state index in [1.165, 1.54) is 60.4 Å². The third kappa shape index (κ3) is 24.4. The average Bonchev–Trinajstić information content (AvgIpc) is 4.41. The molecule has 0 aliphatic rings. The number of thiazole rings is 3. The Bertz CT molecular complexity index is 2890. The molecular formula is C52H84N18O10S5. The molecule has 0 spiro atoms. The molecule has 4 heterocycles. The van der Waals surface area contributed by atoms with Gasteiger partial charge in [-0.25, -0.2) is 24.9 Å². The van der Waals surface area contributed by atoms with Gasteiger partial charge in [0.05, 0.1) is 35.2 Å². The predicted octanol–water partition coefficient (Wildman–Crippen LogP) is -1.57. The molecule has 0 saturated heterocycles. The number of nitrogens with one attached hydrogen (secondary N) is 8. The van der Waals surface area contributed by atoms with Gasteiger partial charge in [0.25, 0.3) is 11.8 Å². The number of carbonyl (C=O) groups is 7. The van der Waals surface area contributed by atoms with E-state index in [9.17, 15) is 47.1 Å². The second kappa shape index (κ2) is 37.0. The lowest BCUT2D eigenvalue weighted by molar-refractivity contribution is -0.135. The fourth-order valence-electron chi connectivity index (χ4n) is 8.17. The summed E-state index contributed by atoms with van der Waals surface area (Å²) in [4.78, 5) is 115. The van der Waals surface area contributed by atoms with E-state index in [-0.39, 0.29) is 66.2 Å². The standard InChI is InChI=1S/C52H84N18O10S5/c1-28(2)40(69-49(77)33(13-22-85(6)80)65-50(78)41-29(3)43(56)70-45(68-41)34(23-38(55)71)62-24-31(54)44(57)73)42(72)30(4)46(74)64-32(12-21-84(5)79)47(75)61-20-11-39-63-36(26-81-39)51-67-37(27-83-51)52-66-35(25-82-52)48(76)60-19-10-18-59-16-8-7-15-58-17-9-14-53/h25-28,30-34,40,42,58-59,62,72H,7-24,53-54H2,1-6H3,(H2,55,71)(H2,57,73)(H,60,76)(H,61,75)(H,64,74)(H,65,78)(H,69,77)(H2,56,68,70)/t30-,31-,32-,33-,34-,40+,42-,84?,85?/m0/s1. The Morgan fingerprint density at radius 1 is 0.682 bits per heavy atom. The molecule has 4 rings (SSSR count). The Morgan fingerprint density at radius 2 is 1.28 bits per heavy atom. The van der Waals surface area contributed by atoms with Crippen LogP contribution in [0.15, 0.2) is 16.1 Å². The zero-order chi connectivity index (χ0) is 62.8. The van der Waals surface area contributed by atoms with E-state index in [0.717, 1.165) is 51.9 Å². The molecule has 33 heteroatoms. The number of nitrogen functional groups attached to an aromatic ring is 1. The number of aromatic nitrogens is 5. The smallest absolute Gasteiger partial charge is 0.271 e. The van der Waals surface area contributed by atoms with Gasteiger partial charge in [0.15, 0.2) is 0 Å². The predicted molar refractivity (Wildman–Crippen MR) is 332 cm³/mol. The first kappa shape index (κ1) is 71.6. The maximum absolute atomic E-state index is 14.1. The molecule has 0 aliphatic heterocycles. The van der Waals surface area contributed by atoms with E-state index in [2.05, 4.69) is 57.5 Å². The van der Waals surface area contributed by atoms with Gasteiger partial charge in [-0.15, -0.1) is 34.0 Å². The van der Waals surface area contributed by atoms with E-state index in [1.807, 2.05) is 10.8 Å². The van der Waals surface area contributed by atoms with Crippen molar-refractivity contribution in [3.8, 4) is 21.4 Å². The monoisotopic (exact) mass is 1280 g/mol. The van der Waals surface area contributed by atoms with Crippen molar-refractivity contribution < 1.29 is 47.1 Å². The number of primary amides is 2. The maximum atomic E-state index is 14.1. The Balaban J connectivity index is 1.34. The molecule has 0 radical (unpaired) electrons. The van der Waals surface area contributed by atoms with Gasteiger partial charge in [0, 0.05) is 99.8 Å². The normalized spacial score (nSPS) is 14.7.